The van der Waals surface area contributed by atoms with Crippen molar-refractivity contribution in [2.75, 3.05) is 0 Å². The molecular weight excluding hydrogens is 530 g/mol. The summed E-state index contributed by atoms with van der Waals surface area (Å²) in [7, 11) is 0. The summed E-state index contributed by atoms with van der Waals surface area (Å²) in [5, 5.41) is 15.7. The number of aromatic nitrogens is 1. The number of para-hydroxylation sites is 1. The topological polar surface area (TPSA) is 59.4 Å². The van der Waals surface area contributed by atoms with Gasteiger partial charge >= 0.3 is 0 Å². The second-order valence-corrected chi connectivity index (χ2v) is 10.8. The lowest BCUT2D eigenvalue weighted by Crippen LogP contribution is -1.93. The quantitative estimate of drug-likeness (QED) is 0.202. The average Bonchev–Trinajstić information content (AvgIpc) is 3.72. The number of furan rings is 2. The molecule has 0 N–H and O–H groups in total. The van der Waals surface area contributed by atoms with E-state index in [9.17, 15) is 5.26 Å². The molecule has 9 rings (SSSR count). The van der Waals surface area contributed by atoms with Crippen LogP contribution in [0.4, 0.5) is 5.69 Å². The van der Waals surface area contributed by atoms with E-state index in [4.69, 9.17) is 15.4 Å². The Hall–Kier alpha value is -6.30. The van der Waals surface area contributed by atoms with Gasteiger partial charge in [0.05, 0.1) is 29.2 Å². The Balaban J connectivity index is 1.25. The predicted octanol–water partition coefficient (Wildman–Crippen LogP) is 10.7. The largest absolute Gasteiger partial charge is 0.456 e. The summed E-state index contributed by atoms with van der Waals surface area (Å²) in [6, 6.07) is 40.9. The maximum absolute atomic E-state index is 9.46. The van der Waals surface area contributed by atoms with Gasteiger partial charge in [0.1, 0.15) is 22.3 Å². The molecule has 0 atom stereocenters. The Kier molecular flexibility index (Phi) is 4.68. The zero-order valence-electron chi connectivity index (χ0n) is 22.6. The molecule has 0 amide bonds. The first-order valence-electron chi connectivity index (χ1n) is 13.9. The minimum absolute atomic E-state index is 0.599. The predicted molar refractivity (Wildman–Crippen MR) is 172 cm³/mol. The van der Waals surface area contributed by atoms with Crippen LogP contribution in [0.2, 0.25) is 0 Å². The van der Waals surface area contributed by atoms with Gasteiger partial charge in [-0.3, -0.25) is 0 Å². The van der Waals surface area contributed by atoms with E-state index in [-0.39, 0.29) is 0 Å². The highest BCUT2D eigenvalue weighted by molar-refractivity contribution is 6.12. The van der Waals surface area contributed by atoms with Crippen LogP contribution in [-0.4, -0.2) is 4.57 Å². The van der Waals surface area contributed by atoms with Gasteiger partial charge in [0.15, 0.2) is 5.69 Å². The van der Waals surface area contributed by atoms with Gasteiger partial charge in [-0.2, -0.15) is 5.26 Å². The fourth-order valence-corrected chi connectivity index (χ4v) is 6.42. The average molecular weight is 550 g/mol. The molecule has 0 fully saturated rings. The summed E-state index contributed by atoms with van der Waals surface area (Å²) in [5.74, 6) is 0. The summed E-state index contributed by atoms with van der Waals surface area (Å²) in [6.07, 6.45) is 0. The lowest BCUT2D eigenvalue weighted by molar-refractivity contribution is 0.668. The van der Waals surface area contributed by atoms with E-state index in [1.165, 1.54) is 5.39 Å². The van der Waals surface area contributed by atoms with Crippen molar-refractivity contribution in [2.24, 2.45) is 0 Å². The smallest absolute Gasteiger partial charge is 0.188 e. The van der Waals surface area contributed by atoms with Gasteiger partial charge in [-0.25, -0.2) is 4.85 Å². The Morgan fingerprint density at radius 3 is 1.95 bits per heavy atom. The van der Waals surface area contributed by atoms with E-state index >= 15 is 0 Å². The van der Waals surface area contributed by atoms with Gasteiger partial charge < -0.3 is 13.4 Å². The van der Waals surface area contributed by atoms with Crippen LogP contribution in [0.15, 0.2) is 124 Å². The normalized spacial score (nSPS) is 11.7. The highest BCUT2D eigenvalue weighted by atomic mass is 16.3. The van der Waals surface area contributed by atoms with Crippen LogP contribution in [-0.2, 0) is 0 Å². The number of nitriles is 1. The summed E-state index contributed by atoms with van der Waals surface area (Å²) in [4.78, 5) is 3.60. The van der Waals surface area contributed by atoms with E-state index in [2.05, 4.69) is 82.2 Å². The fourth-order valence-electron chi connectivity index (χ4n) is 6.42. The molecule has 43 heavy (non-hydrogen) atoms. The molecule has 0 aliphatic rings. The Bertz CT molecular complexity index is 2710. The Morgan fingerprint density at radius 1 is 0.558 bits per heavy atom. The highest BCUT2D eigenvalue weighted by Gasteiger charge is 2.16. The lowest BCUT2D eigenvalue weighted by Gasteiger charge is -2.09. The zero-order valence-corrected chi connectivity index (χ0v) is 22.6. The molecule has 0 aliphatic heterocycles. The number of hydrogen-bond donors (Lipinski definition) is 0. The third-order valence-electron chi connectivity index (χ3n) is 8.43. The van der Waals surface area contributed by atoms with Gasteiger partial charge in [0, 0.05) is 38.0 Å². The Labute approximate surface area is 244 Å². The third-order valence-corrected chi connectivity index (χ3v) is 8.43. The maximum atomic E-state index is 9.46. The van der Waals surface area contributed by atoms with Crippen molar-refractivity contribution in [3.05, 3.63) is 132 Å². The lowest BCUT2D eigenvalue weighted by atomic mass is 10.0. The number of fused-ring (bicyclic) bond motifs is 9. The van der Waals surface area contributed by atoms with Crippen LogP contribution in [0.3, 0.4) is 0 Å². The molecule has 0 aliphatic carbocycles. The standard InChI is InChI=1S/C38H19N3O2/c1-40-25-9-14-37-31(19-25)30-18-24(8-13-36(30)43-37)23-7-11-34-28(17-23)27-4-2-3-5-33(27)41(34)26-10-15-38-32(20-26)29-16-22(21-39)6-12-35(29)42-38/h2-20H. The minimum Gasteiger partial charge on any atom is -0.456 e. The molecule has 0 radical (unpaired) electrons. The summed E-state index contributed by atoms with van der Waals surface area (Å²) < 4.78 is 14.4. The molecule has 3 aromatic heterocycles. The molecule has 9 aromatic rings. The van der Waals surface area contributed by atoms with Crippen molar-refractivity contribution >= 4 is 71.4 Å². The van der Waals surface area contributed by atoms with E-state index in [1.807, 2.05) is 36.4 Å². The first-order valence-corrected chi connectivity index (χ1v) is 13.9. The van der Waals surface area contributed by atoms with Gasteiger partial charge in [-0.05, 0) is 90.0 Å². The highest BCUT2D eigenvalue weighted by Crippen LogP contribution is 2.39. The molecular formula is C38H19N3O2. The van der Waals surface area contributed by atoms with Crippen LogP contribution in [0.25, 0.3) is 87.3 Å². The maximum Gasteiger partial charge on any atom is 0.188 e. The molecule has 6 aromatic carbocycles. The molecule has 0 spiro atoms. The number of hydrogen-bond acceptors (Lipinski definition) is 3. The molecule has 198 valence electrons. The van der Waals surface area contributed by atoms with Crippen LogP contribution in [0, 0.1) is 17.9 Å². The van der Waals surface area contributed by atoms with Gasteiger partial charge in [0.2, 0.25) is 0 Å². The van der Waals surface area contributed by atoms with Gasteiger partial charge in [-0.1, -0.05) is 36.4 Å². The summed E-state index contributed by atoms with van der Waals surface area (Å²) >= 11 is 0. The summed E-state index contributed by atoms with van der Waals surface area (Å²) in [6.45, 7) is 7.42. The number of nitrogens with zero attached hydrogens (tertiary/aromatic N) is 3. The van der Waals surface area contributed by atoms with Crippen molar-refractivity contribution in [2.45, 2.75) is 0 Å². The molecule has 5 nitrogen and oxygen atoms in total. The molecule has 0 unspecified atom stereocenters. The van der Waals surface area contributed by atoms with E-state index in [1.54, 1.807) is 12.1 Å². The first kappa shape index (κ1) is 23.4. The SMILES string of the molecule is [C-]#[N+]c1ccc2oc3ccc(-c4ccc5c(c4)c4ccccc4n5-c4ccc5oc6ccc(C#N)cc6c5c4)cc3c2c1. The van der Waals surface area contributed by atoms with Crippen LogP contribution in [0.1, 0.15) is 5.56 Å². The van der Waals surface area contributed by atoms with Crippen molar-refractivity contribution in [3.8, 4) is 22.9 Å². The van der Waals surface area contributed by atoms with E-state index < -0.39 is 0 Å². The zero-order chi connectivity index (χ0) is 28.7. The fraction of sp³-hybridized carbons (Fsp3) is 0. The van der Waals surface area contributed by atoms with Crippen molar-refractivity contribution in [3.63, 3.8) is 0 Å². The third kappa shape index (κ3) is 3.37. The van der Waals surface area contributed by atoms with Crippen molar-refractivity contribution in [1.29, 1.82) is 5.26 Å². The van der Waals surface area contributed by atoms with Crippen LogP contribution < -0.4 is 0 Å². The van der Waals surface area contributed by atoms with Crippen LogP contribution >= 0.6 is 0 Å². The van der Waals surface area contributed by atoms with Crippen molar-refractivity contribution < 1.29 is 8.83 Å². The second-order valence-electron chi connectivity index (χ2n) is 10.8. The summed E-state index contributed by atoms with van der Waals surface area (Å²) in [5.41, 5.74) is 9.79. The van der Waals surface area contributed by atoms with Crippen molar-refractivity contribution in [1.82, 2.24) is 4.57 Å². The first-order chi connectivity index (χ1) is 21.2. The molecule has 0 saturated heterocycles. The van der Waals surface area contributed by atoms with E-state index in [0.717, 1.165) is 77.1 Å². The minimum atomic E-state index is 0.599. The van der Waals surface area contributed by atoms with Gasteiger partial charge in [-0.15, -0.1) is 0 Å². The monoisotopic (exact) mass is 549 g/mol. The number of benzene rings is 6. The van der Waals surface area contributed by atoms with Crippen LogP contribution in [0.5, 0.6) is 0 Å². The molecule has 5 heteroatoms. The Morgan fingerprint density at radius 2 is 1.16 bits per heavy atom. The van der Waals surface area contributed by atoms with E-state index in [0.29, 0.717) is 11.3 Å². The molecule has 0 saturated carbocycles. The second kappa shape index (κ2) is 8.60. The number of rotatable bonds is 2. The molecule has 3 heterocycles. The van der Waals surface area contributed by atoms with Gasteiger partial charge in [0.25, 0.3) is 0 Å². The molecule has 0 bridgehead atoms.